The van der Waals surface area contributed by atoms with Crippen LogP contribution in [0.3, 0.4) is 0 Å². The van der Waals surface area contributed by atoms with Crippen molar-refractivity contribution >= 4 is 35.0 Å². The molecule has 4 nitrogen and oxygen atoms in total. The third kappa shape index (κ3) is 3.76. The predicted molar refractivity (Wildman–Crippen MR) is 119 cm³/mol. The molecule has 1 aromatic carbocycles. The summed E-state index contributed by atoms with van der Waals surface area (Å²) in [6.07, 6.45) is 5.45. The smallest absolute Gasteiger partial charge is 0.256 e. The highest BCUT2D eigenvalue weighted by Crippen LogP contribution is 2.41. The van der Waals surface area contributed by atoms with E-state index in [4.69, 9.17) is 11.6 Å². The summed E-state index contributed by atoms with van der Waals surface area (Å²) in [5.41, 5.74) is 2.97. The van der Waals surface area contributed by atoms with Gasteiger partial charge in [0.05, 0.1) is 15.9 Å². The highest BCUT2D eigenvalue weighted by Gasteiger charge is 2.34. The van der Waals surface area contributed by atoms with Gasteiger partial charge in [0.15, 0.2) is 0 Å². The van der Waals surface area contributed by atoms with Gasteiger partial charge in [-0.3, -0.25) is 4.79 Å². The van der Waals surface area contributed by atoms with E-state index < -0.39 is 0 Å². The lowest BCUT2D eigenvalue weighted by atomic mass is 9.92. The zero-order valence-electron chi connectivity index (χ0n) is 16.1. The number of nitrogens with zero attached hydrogens (tertiary/aromatic N) is 3. The molecule has 3 aromatic rings. The first-order chi connectivity index (χ1) is 14.5. The zero-order chi connectivity index (χ0) is 21.3. The fourth-order valence-corrected chi connectivity index (χ4v) is 5.03. The van der Waals surface area contributed by atoms with Gasteiger partial charge in [0.1, 0.15) is 11.3 Å². The van der Waals surface area contributed by atoms with Gasteiger partial charge in [-0.25, -0.2) is 9.38 Å². The van der Waals surface area contributed by atoms with Crippen molar-refractivity contribution < 1.29 is 9.18 Å². The molecule has 7 heteroatoms. The quantitative estimate of drug-likeness (QED) is 0.545. The van der Waals surface area contributed by atoms with Crippen LogP contribution in [0.1, 0.15) is 32.4 Å². The number of fused-ring (bicyclic) bond motifs is 1. The van der Waals surface area contributed by atoms with E-state index in [1.807, 2.05) is 11.0 Å². The summed E-state index contributed by atoms with van der Waals surface area (Å²) in [5.74, 6) is -0.442. The van der Waals surface area contributed by atoms with E-state index in [9.17, 15) is 9.18 Å². The monoisotopic (exact) mass is 439 g/mol. The summed E-state index contributed by atoms with van der Waals surface area (Å²) in [4.78, 5) is 20.7. The van der Waals surface area contributed by atoms with Crippen molar-refractivity contribution in [2.45, 2.75) is 12.5 Å². The van der Waals surface area contributed by atoms with Crippen molar-refractivity contribution in [3.05, 3.63) is 105 Å². The minimum atomic E-state index is -0.333. The molecule has 0 aliphatic carbocycles. The fraction of sp³-hybridized carbons (Fsp3) is 0.130. The SMILES string of the molecule is C=C/N=c1/ccc(C(=O)N2CCc3sc(Cl)cc3C2c2ccc(F)cc2)cn1C=C. The molecule has 0 saturated heterocycles. The first kappa shape index (κ1) is 20.3. The lowest BCUT2D eigenvalue weighted by Gasteiger charge is -2.36. The van der Waals surface area contributed by atoms with Crippen LogP contribution in [0, 0.1) is 5.82 Å². The number of rotatable bonds is 4. The first-order valence-corrected chi connectivity index (χ1v) is 10.6. The zero-order valence-corrected chi connectivity index (χ0v) is 17.7. The molecule has 1 amide bonds. The van der Waals surface area contributed by atoms with E-state index in [1.165, 1.54) is 29.7 Å². The Hall–Kier alpha value is -2.96. The molecule has 3 heterocycles. The summed E-state index contributed by atoms with van der Waals surface area (Å²) in [6.45, 7) is 7.93. The second-order valence-electron chi connectivity index (χ2n) is 6.81. The second-order valence-corrected chi connectivity index (χ2v) is 8.58. The van der Waals surface area contributed by atoms with Gasteiger partial charge in [-0.15, -0.1) is 11.3 Å². The van der Waals surface area contributed by atoms with E-state index in [2.05, 4.69) is 18.2 Å². The van der Waals surface area contributed by atoms with Gasteiger partial charge < -0.3 is 9.47 Å². The lowest BCUT2D eigenvalue weighted by Crippen LogP contribution is -2.40. The molecule has 0 bridgehead atoms. The van der Waals surface area contributed by atoms with Crippen LogP contribution in [0.5, 0.6) is 0 Å². The van der Waals surface area contributed by atoms with Crippen molar-refractivity contribution in [3.8, 4) is 0 Å². The first-order valence-electron chi connectivity index (χ1n) is 9.36. The number of hydrogen-bond acceptors (Lipinski definition) is 3. The standard InChI is InChI=1S/C23H19ClFN3OS/c1-3-26-21-10-7-16(14-27(21)4-2)23(29)28-12-11-19-18(13-20(24)30-19)22(28)15-5-8-17(25)9-6-15/h3-10,13-14,22H,1-2,11-12H2/b26-21-. The molecule has 0 N–H and O–H groups in total. The Morgan fingerprint density at radius 2 is 2.00 bits per heavy atom. The van der Waals surface area contributed by atoms with E-state index >= 15 is 0 Å². The Morgan fingerprint density at radius 3 is 2.70 bits per heavy atom. The maximum Gasteiger partial charge on any atom is 0.256 e. The highest BCUT2D eigenvalue weighted by atomic mass is 35.5. The Morgan fingerprint density at radius 1 is 1.23 bits per heavy atom. The van der Waals surface area contributed by atoms with Crippen molar-refractivity contribution in [2.75, 3.05) is 6.54 Å². The van der Waals surface area contributed by atoms with Crippen LogP contribution in [0.15, 0.2) is 73.0 Å². The molecule has 1 aliphatic heterocycles. The summed E-state index contributed by atoms with van der Waals surface area (Å²) >= 11 is 7.81. The minimum Gasteiger partial charge on any atom is -0.327 e. The molecule has 1 unspecified atom stereocenters. The van der Waals surface area contributed by atoms with Gasteiger partial charge in [0.2, 0.25) is 0 Å². The van der Waals surface area contributed by atoms with Gasteiger partial charge in [-0.2, -0.15) is 0 Å². The predicted octanol–water partition coefficient (Wildman–Crippen LogP) is 5.27. The number of carbonyl (C=O) groups is 1. The summed E-state index contributed by atoms with van der Waals surface area (Å²) in [7, 11) is 0. The maximum atomic E-state index is 13.5. The molecule has 0 fully saturated rings. The van der Waals surface area contributed by atoms with Crippen molar-refractivity contribution in [2.24, 2.45) is 4.99 Å². The van der Waals surface area contributed by atoms with Crippen LogP contribution in [-0.4, -0.2) is 21.9 Å². The summed E-state index contributed by atoms with van der Waals surface area (Å²) < 4.78 is 15.9. The van der Waals surface area contributed by atoms with E-state index in [0.717, 1.165) is 22.4 Å². The fourth-order valence-electron chi connectivity index (χ4n) is 3.73. The normalized spacial score (nSPS) is 16.3. The molecular weight excluding hydrogens is 421 g/mol. The van der Waals surface area contributed by atoms with Crippen LogP contribution in [0.25, 0.3) is 6.20 Å². The van der Waals surface area contributed by atoms with Gasteiger partial charge in [0.25, 0.3) is 5.91 Å². The number of aromatic nitrogens is 1. The number of pyridine rings is 1. The lowest BCUT2D eigenvalue weighted by molar-refractivity contribution is 0.0695. The average molecular weight is 440 g/mol. The van der Waals surface area contributed by atoms with Crippen LogP contribution >= 0.6 is 22.9 Å². The van der Waals surface area contributed by atoms with Crippen molar-refractivity contribution in [1.82, 2.24) is 9.47 Å². The number of thiophene rings is 1. The number of hydrogen-bond donors (Lipinski definition) is 0. The van der Waals surface area contributed by atoms with E-state index in [1.54, 1.807) is 41.2 Å². The molecule has 0 radical (unpaired) electrons. The van der Waals surface area contributed by atoms with Crippen LogP contribution in [0.4, 0.5) is 4.39 Å². The van der Waals surface area contributed by atoms with Gasteiger partial charge in [0, 0.05) is 30.0 Å². The molecule has 1 aliphatic rings. The highest BCUT2D eigenvalue weighted by molar-refractivity contribution is 7.16. The van der Waals surface area contributed by atoms with Gasteiger partial charge >= 0.3 is 0 Å². The molecule has 4 rings (SSSR count). The second kappa shape index (κ2) is 8.42. The Kier molecular flexibility index (Phi) is 5.70. The van der Waals surface area contributed by atoms with Crippen LogP contribution in [0.2, 0.25) is 4.34 Å². The molecule has 2 aromatic heterocycles. The Labute approximate surface area is 182 Å². The molecule has 30 heavy (non-hydrogen) atoms. The maximum absolute atomic E-state index is 13.5. The largest absolute Gasteiger partial charge is 0.327 e. The number of halogens is 2. The summed E-state index contributed by atoms with van der Waals surface area (Å²) in [6, 6.07) is 11.3. The molecular formula is C23H19ClFN3OS. The molecule has 0 saturated carbocycles. The third-order valence-corrected chi connectivity index (χ3v) is 6.41. The Bertz CT molecular complexity index is 1200. The Balaban J connectivity index is 1.79. The topological polar surface area (TPSA) is 37.6 Å². The van der Waals surface area contributed by atoms with Crippen molar-refractivity contribution in [1.29, 1.82) is 0 Å². The minimum absolute atomic E-state index is 0.127. The number of carbonyl (C=O) groups excluding carboxylic acids is 1. The van der Waals surface area contributed by atoms with Crippen LogP contribution in [-0.2, 0) is 6.42 Å². The van der Waals surface area contributed by atoms with Crippen molar-refractivity contribution in [3.63, 3.8) is 0 Å². The number of amides is 1. The molecule has 152 valence electrons. The van der Waals surface area contributed by atoms with Gasteiger partial charge in [-0.05, 0) is 47.9 Å². The average Bonchev–Trinajstić information content (AvgIpc) is 3.14. The molecule has 0 spiro atoms. The molecule has 1 atom stereocenters. The third-order valence-electron chi connectivity index (χ3n) is 5.07. The summed E-state index contributed by atoms with van der Waals surface area (Å²) in [5, 5.41) is 0. The van der Waals surface area contributed by atoms with E-state index in [-0.39, 0.29) is 17.8 Å². The van der Waals surface area contributed by atoms with Gasteiger partial charge in [-0.1, -0.05) is 36.9 Å². The van der Waals surface area contributed by atoms with Crippen LogP contribution < -0.4 is 5.49 Å². The number of benzene rings is 1. The van der Waals surface area contributed by atoms with E-state index in [0.29, 0.717) is 21.9 Å².